The Balaban J connectivity index is 1.66. The van der Waals surface area contributed by atoms with Gasteiger partial charge in [-0.3, -0.25) is 9.59 Å². The number of hydrazone groups is 1. The van der Waals surface area contributed by atoms with Crippen LogP contribution in [0, 0.1) is 5.82 Å². The third-order valence-corrected chi connectivity index (χ3v) is 5.13. The van der Waals surface area contributed by atoms with E-state index in [1.54, 1.807) is 10.6 Å². The molecule has 0 spiro atoms. The van der Waals surface area contributed by atoms with Crippen LogP contribution in [0.4, 0.5) is 4.39 Å². The number of halogens is 2. The first-order chi connectivity index (χ1) is 14.4. The summed E-state index contributed by atoms with van der Waals surface area (Å²) in [4.78, 5) is 25.4. The molecule has 1 amide bonds. The SMILES string of the molecule is COc1cc(/C=N\NC(=O)c2cn(C3CC3)c3cc(Cl)c(F)cc3c2=O)ccc1O. The lowest BCUT2D eigenvalue weighted by Crippen LogP contribution is -2.27. The van der Waals surface area contributed by atoms with Crippen molar-refractivity contribution in [2.75, 3.05) is 7.11 Å². The van der Waals surface area contributed by atoms with Gasteiger partial charge >= 0.3 is 0 Å². The van der Waals surface area contributed by atoms with E-state index in [4.69, 9.17) is 16.3 Å². The third-order valence-electron chi connectivity index (χ3n) is 4.84. The molecular weight excluding hydrogens is 413 g/mol. The fourth-order valence-electron chi connectivity index (χ4n) is 3.16. The zero-order valence-electron chi connectivity index (χ0n) is 15.9. The summed E-state index contributed by atoms with van der Waals surface area (Å²) in [6.07, 6.45) is 4.61. The Bertz CT molecular complexity index is 1250. The number of methoxy groups -OCH3 is 1. The van der Waals surface area contributed by atoms with Crippen LogP contribution in [0.2, 0.25) is 5.02 Å². The molecule has 2 N–H and O–H groups in total. The first-order valence-corrected chi connectivity index (χ1v) is 9.51. The molecule has 1 aliphatic carbocycles. The van der Waals surface area contributed by atoms with E-state index in [1.807, 2.05) is 0 Å². The van der Waals surface area contributed by atoms with Gasteiger partial charge in [0.1, 0.15) is 11.4 Å². The molecule has 0 bridgehead atoms. The predicted molar refractivity (Wildman–Crippen MR) is 111 cm³/mol. The van der Waals surface area contributed by atoms with Crippen LogP contribution >= 0.6 is 11.6 Å². The fraction of sp³-hybridized carbons (Fsp3) is 0.190. The summed E-state index contributed by atoms with van der Waals surface area (Å²) in [6.45, 7) is 0. The highest BCUT2D eigenvalue weighted by atomic mass is 35.5. The van der Waals surface area contributed by atoms with Gasteiger partial charge in [0.05, 0.1) is 23.9 Å². The first-order valence-electron chi connectivity index (χ1n) is 9.13. The summed E-state index contributed by atoms with van der Waals surface area (Å²) < 4.78 is 20.8. The van der Waals surface area contributed by atoms with E-state index in [-0.39, 0.29) is 33.5 Å². The number of nitrogens with one attached hydrogen (secondary N) is 1. The van der Waals surface area contributed by atoms with Gasteiger partial charge in [-0.05, 0) is 48.7 Å². The molecule has 1 saturated carbocycles. The maximum atomic E-state index is 14.0. The molecule has 154 valence electrons. The lowest BCUT2D eigenvalue weighted by Gasteiger charge is -2.12. The molecule has 9 heteroatoms. The van der Waals surface area contributed by atoms with Crippen LogP contribution in [-0.4, -0.2) is 28.9 Å². The van der Waals surface area contributed by atoms with Gasteiger partial charge in [0.15, 0.2) is 11.5 Å². The number of aromatic nitrogens is 1. The van der Waals surface area contributed by atoms with Crippen molar-refractivity contribution in [1.29, 1.82) is 0 Å². The topological polar surface area (TPSA) is 92.9 Å². The molecule has 0 aliphatic heterocycles. The van der Waals surface area contributed by atoms with E-state index in [9.17, 15) is 19.1 Å². The molecule has 3 aromatic rings. The number of fused-ring (bicyclic) bond motifs is 1. The largest absolute Gasteiger partial charge is 0.504 e. The monoisotopic (exact) mass is 429 g/mol. The first kappa shape index (κ1) is 19.9. The van der Waals surface area contributed by atoms with Gasteiger partial charge in [-0.2, -0.15) is 5.10 Å². The minimum absolute atomic E-state index is 0.0252. The van der Waals surface area contributed by atoms with Gasteiger partial charge in [0, 0.05) is 17.6 Å². The summed E-state index contributed by atoms with van der Waals surface area (Å²) in [6, 6.07) is 7.14. The van der Waals surface area contributed by atoms with Crippen LogP contribution < -0.4 is 15.6 Å². The minimum atomic E-state index is -0.722. The number of rotatable bonds is 5. The standard InChI is InChI=1S/C21H17ClFN3O4/c1-30-19-6-11(2-5-18(19)27)9-24-25-21(29)14-10-26(12-3-4-12)17-8-15(22)16(23)7-13(17)20(14)28/h2,5-10,12,27H,3-4H2,1H3,(H,25,29)/b24-9-. The van der Waals surface area contributed by atoms with Crippen molar-refractivity contribution in [1.82, 2.24) is 9.99 Å². The normalized spacial score (nSPS) is 13.7. The molecule has 1 heterocycles. The Kier molecular flexibility index (Phi) is 5.17. The number of hydrogen-bond donors (Lipinski definition) is 2. The van der Waals surface area contributed by atoms with E-state index in [0.717, 1.165) is 18.9 Å². The van der Waals surface area contributed by atoms with Gasteiger partial charge < -0.3 is 14.4 Å². The number of hydrogen-bond acceptors (Lipinski definition) is 5. The van der Waals surface area contributed by atoms with Crippen molar-refractivity contribution in [3.8, 4) is 11.5 Å². The van der Waals surface area contributed by atoms with E-state index in [2.05, 4.69) is 10.5 Å². The number of phenols is 1. The molecule has 0 radical (unpaired) electrons. The van der Waals surface area contributed by atoms with Crippen LogP contribution in [0.1, 0.15) is 34.8 Å². The number of aromatic hydroxyl groups is 1. The van der Waals surface area contributed by atoms with E-state index in [0.29, 0.717) is 11.1 Å². The van der Waals surface area contributed by atoms with Crippen LogP contribution in [0.5, 0.6) is 11.5 Å². The average Bonchev–Trinajstić information content (AvgIpc) is 3.56. The Morgan fingerprint density at radius 1 is 1.37 bits per heavy atom. The Labute approximate surface area is 175 Å². The quantitative estimate of drug-likeness (QED) is 0.478. The van der Waals surface area contributed by atoms with Crippen LogP contribution in [0.3, 0.4) is 0 Å². The molecule has 0 atom stereocenters. The maximum absolute atomic E-state index is 14.0. The predicted octanol–water partition coefficient (Wildman–Crippen LogP) is 3.61. The second kappa shape index (κ2) is 7.79. The number of carbonyl (C=O) groups excluding carboxylic acids is 1. The van der Waals surface area contributed by atoms with E-state index >= 15 is 0 Å². The van der Waals surface area contributed by atoms with Crippen LogP contribution in [0.15, 0.2) is 46.4 Å². The fourth-order valence-corrected chi connectivity index (χ4v) is 3.32. The average molecular weight is 430 g/mol. The molecule has 4 rings (SSSR count). The highest BCUT2D eigenvalue weighted by Gasteiger charge is 2.27. The number of benzene rings is 2. The van der Waals surface area contributed by atoms with Gasteiger partial charge in [0.25, 0.3) is 5.91 Å². The summed E-state index contributed by atoms with van der Waals surface area (Å²) >= 11 is 5.88. The summed E-state index contributed by atoms with van der Waals surface area (Å²) in [5.41, 5.74) is 2.63. The van der Waals surface area contributed by atoms with Crippen molar-refractivity contribution in [3.63, 3.8) is 0 Å². The second-order valence-electron chi connectivity index (χ2n) is 6.92. The smallest absolute Gasteiger partial charge is 0.276 e. The number of pyridine rings is 1. The Hall–Kier alpha value is -3.39. The molecule has 0 saturated heterocycles. The van der Waals surface area contributed by atoms with Crippen LogP contribution in [0.25, 0.3) is 10.9 Å². The molecule has 2 aromatic carbocycles. The van der Waals surface area contributed by atoms with Crippen molar-refractivity contribution in [2.24, 2.45) is 5.10 Å². The van der Waals surface area contributed by atoms with E-state index < -0.39 is 17.2 Å². The molecule has 1 fully saturated rings. The van der Waals surface area contributed by atoms with Crippen LogP contribution in [-0.2, 0) is 0 Å². The van der Waals surface area contributed by atoms with Crippen molar-refractivity contribution < 1.29 is 19.0 Å². The zero-order chi connectivity index (χ0) is 21.4. The van der Waals surface area contributed by atoms with Gasteiger partial charge in [-0.15, -0.1) is 0 Å². The van der Waals surface area contributed by atoms with Gasteiger partial charge in [-0.1, -0.05) is 11.6 Å². The number of phenolic OH excluding ortho intramolecular Hbond substituents is 1. The molecule has 0 unspecified atom stereocenters. The molecule has 30 heavy (non-hydrogen) atoms. The number of carbonyl (C=O) groups is 1. The Morgan fingerprint density at radius 3 is 2.83 bits per heavy atom. The minimum Gasteiger partial charge on any atom is -0.504 e. The molecular formula is C21H17ClFN3O4. The summed E-state index contributed by atoms with van der Waals surface area (Å²) in [5, 5.41) is 13.5. The number of amides is 1. The summed E-state index contributed by atoms with van der Waals surface area (Å²) in [5.74, 6) is -1.20. The summed E-state index contributed by atoms with van der Waals surface area (Å²) in [7, 11) is 1.42. The number of ether oxygens (including phenoxy) is 1. The van der Waals surface area contributed by atoms with Gasteiger partial charge in [0.2, 0.25) is 5.43 Å². The lowest BCUT2D eigenvalue weighted by atomic mass is 10.1. The molecule has 1 aromatic heterocycles. The number of nitrogens with zero attached hydrogens (tertiary/aromatic N) is 2. The molecule has 1 aliphatic rings. The highest BCUT2D eigenvalue weighted by Crippen LogP contribution is 2.37. The lowest BCUT2D eigenvalue weighted by molar-refractivity contribution is 0.0953. The molecule has 7 nitrogen and oxygen atoms in total. The van der Waals surface area contributed by atoms with E-state index in [1.165, 1.54) is 37.7 Å². The third kappa shape index (κ3) is 3.73. The van der Waals surface area contributed by atoms with Crippen molar-refractivity contribution in [2.45, 2.75) is 18.9 Å². The second-order valence-corrected chi connectivity index (χ2v) is 7.33. The highest BCUT2D eigenvalue weighted by molar-refractivity contribution is 6.31. The Morgan fingerprint density at radius 2 is 2.13 bits per heavy atom. The van der Waals surface area contributed by atoms with Gasteiger partial charge in [-0.25, -0.2) is 9.82 Å². The maximum Gasteiger partial charge on any atom is 0.276 e. The van der Waals surface area contributed by atoms with Crippen molar-refractivity contribution in [3.05, 3.63) is 68.7 Å². The zero-order valence-corrected chi connectivity index (χ0v) is 16.6. The van der Waals surface area contributed by atoms with Crippen molar-refractivity contribution >= 4 is 34.6 Å².